The van der Waals surface area contributed by atoms with Crippen molar-refractivity contribution in [3.8, 4) is 0 Å². The number of hydrogen-bond acceptors (Lipinski definition) is 3. The van der Waals surface area contributed by atoms with Crippen molar-refractivity contribution in [3.05, 3.63) is 35.6 Å². The molecule has 0 saturated carbocycles. The van der Waals surface area contributed by atoms with Crippen LogP contribution in [0.25, 0.3) is 0 Å². The summed E-state index contributed by atoms with van der Waals surface area (Å²) in [6.07, 6.45) is 1.08. The molecule has 2 atom stereocenters. The van der Waals surface area contributed by atoms with Crippen LogP contribution in [0.3, 0.4) is 0 Å². The number of nitrogens with one attached hydrogen (secondary N) is 1. The number of nitrogens with zero attached hydrogens (tertiary/aromatic N) is 1. The third-order valence-corrected chi connectivity index (χ3v) is 3.32. The topological polar surface area (TPSA) is 33.6 Å². The van der Waals surface area contributed by atoms with E-state index >= 15 is 0 Å². The van der Waals surface area contributed by atoms with E-state index in [4.69, 9.17) is 4.74 Å². The number of halogens is 1. The molecular weight excluding hydrogens is 219 g/mol. The van der Waals surface area contributed by atoms with Gasteiger partial charge in [-0.3, -0.25) is 0 Å². The second-order valence-corrected chi connectivity index (χ2v) is 4.54. The summed E-state index contributed by atoms with van der Waals surface area (Å²) in [6, 6.07) is 6.56. The number of ether oxygens (including phenoxy) is 1. The van der Waals surface area contributed by atoms with Gasteiger partial charge in [-0.15, -0.1) is 0 Å². The van der Waals surface area contributed by atoms with Crippen LogP contribution in [0.15, 0.2) is 29.3 Å². The minimum atomic E-state index is -0.214. The molecule has 0 aliphatic carbocycles. The summed E-state index contributed by atoms with van der Waals surface area (Å²) in [6.45, 7) is 2.50. The molecule has 1 aromatic carbocycles. The summed E-state index contributed by atoms with van der Waals surface area (Å²) >= 11 is 0. The van der Waals surface area contributed by atoms with Gasteiger partial charge in [-0.1, -0.05) is 12.1 Å². The Balaban J connectivity index is 1.78. The molecule has 0 bridgehead atoms. The zero-order valence-electron chi connectivity index (χ0n) is 9.53. The SMILES string of the molecule is Fc1cccc(C2COC(C3CCNC3)=N2)c1. The Kier molecular flexibility index (Phi) is 2.81. The van der Waals surface area contributed by atoms with Gasteiger partial charge in [0, 0.05) is 12.5 Å². The predicted molar refractivity (Wildman–Crippen MR) is 63.5 cm³/mol. The van der Waals surface area contributed by atoms with Crippen LogP contribution >= 0.6 is 0 Å². The minimum absolute atomic E-state index is 0.0405. The van der Waals surface area contributed by atoms with Crippen molar-refractivity contribution in [3.63, 3.8) is 0 Å². The average molecular weight is 234 g/mol. The third kappa shape index (κ3) is 2.17. The number of benzene rings is 1. The maximum absolute atomic E-state index is 13.1. The summed E-state index contributed by atoms with van der Waals surface area (Å²) in [5.41, 5.74) is 0.894. The number of hydrogen-bond donors (Lipinski definition) is 1. The van der Waals surface area contributed by atoms with Gasteiger partial charge in [0.05, 0.1) is 0 Å². The fourth-order valence-electron chi connectivity index (χ4n) is 2.37. The largest absolute Gasteiger partial charge is 0.478 e. The predicted octanol–water partition coefficient (Wildman–Crippen LogP) is 1.90. The average Bonchev–Trinajstić information content (AvgIpc) is 3.00. The highest BCUT2D eigenvalue weighted by Crippen LogP contribution is 2.27. The quantitative estimate of drug-likeness (QED) is 0.848. The van der Waals surface area contributed by atoms with E-state index in [-0.39, 0.29) is 11.9 Å². The number of rotatable bonds is 2. The molecule has 3 rings (SSSR count). The first kappa shape index (κ1) is 10.7. The molecular formula is C13H15FN2O. The third-order valence-electron chi connectivity index (χ3n) is 3.32. The fraction of sp³-hybridized carbons (Fsp3) is 0.462. The minimum Gasteiger partial charge on any atom is -0.478 e. The lowest BCUT2D eigenvalue weighted by molar-refractivity contribution is 0.301. The van der Waals surface area contributed by atoms with E-state index in [0.717, 1.165) is 31.0 Å². The summed E-state index contributed by atoms with van der Waals surface area (Å²) in [7, 11) is 0. The maximum Gasteiger partial charge on any atom is 0.188 e. The van der Waals surface area contributed by atoms with Crippen LogP contribution in [0.5, 0.6) is 0 Å². The van der Waals surface area contributed by atoms with E-state index in [9.17, 15) is 4.39 Å². The van der Waals surface area contributed by atoms with E-state index in [2.05, 4.69) is 10.3 Å². The molecule has 17 heavy (non-hydrogen) atoms. The van der Waals surface area contributed by atoms with Gasteiger partial charge in [-0.25, -0.2) is 9.38 Å². The van der Waals surface area contributed by atoms with Gasteiger partial charge in [0.15, 0.2) is 5.90 Å². The standard InChI is InChI=1S/C13H15FN2O/c14-11-3-1-2-9(6-11)12-8-17-13(16-12)10-4-5-15-7-10/h1-3,6,10,12,15H,4-5,7-8H2. The molecule has 2 heterocycles. The van der Waals surface area contributed by atoms with Gasteiger partial charge >= 0.3 is 0 Å². The lowest BCUT2D eigenvalue weighted by Gasteiger charge is -2.06. The van der Waals surface area contributed by atoms with Gasteiger partial charge in [-0.05, 0) is 30.7 Å². The van der Waals surface area contributed by atoms with Crippen LogP contribution in [0, 0.1) is 11.7 Å². The second kappa shape index (κ2) is 4.45. The molecule has 2 unspecified atom stereocenters. The van der Waals surface area contributed by atoms with Crippen molar-refractivity contribution in [2.24, 2.45) is 10.9 Å². The van der Waals surface area contributed by atoms with E-state index in [0.29, 0.717) is 12.5 Å². The fourth-order valence-corrected chi connectivity index (χ4v) is 2.37. The van der Waals surface area contributed by atoms with E-state index in [1.807, 2.05) is 6.07 Å². The molecule has 0 aromatic heterocycles. The second-order valence-electron chi connectivity index (χ2n) is 4.54. The number of aliphatic imine (C=N–C) groups is 1. The Labute approximate surface area is 99.7 Å². The van der Waals surface area contributed by atoms with Crippen molar-refractivity contribution in [2.45, 2.75) is 12.5 Å². The normalized spacial score (nSPS) is 27.9. The molecule has 0 radical (unpaired) electrons. The van der Waals surface area contributed by atoms with E-state index in [1.54, 1.807) is 6.07 Å². The van der Waals surface area contributed by atoms with Crippen LogP contribution in [-0.2, 0) is 4.74 Å². The van der Waals surface area contributed by atoms with Crippen LogP contribution in [0.4, 0.5) is 4.39 Å². The highest BCUT2D eigenvalue weighted by atomic mass is 19.1. The van der Waals surface area contributed by atoms with Gasteiger partial charge in [0.25, 0.3) is 0 Å². The summed E-state index contributed by atoms with van der Waals surface area (Å²) < 4.78 is 18.8. The Morgan fingerprint density at radius 3 is 3.12 bits per heavy atom. The molecule has 90 valence electrons. The summed E-state index contributed by atoms with van der Waals surface area (Å²) in [4.78, 5) is 4.57. The van der Waals surface area contributed by atoms with Crippen molar-refractivity contribution < 1.29 is 9.13 Å². The molecule has 0 amide bonds. The van der Waals surface area contributed by atoms with Gasteiger partial charge in [-0.2, -0.15) is 0 Å². The first-order chi connectivity index (χ1) is 8.33. The molecule has 1 N–H and O–H groups in total. The Morgan fingerprint density at radius 1 is 1.41 bits per heavy atom. The van der Waals surface area contributed by atoms with Crippen LogP contribution in [0.1, 0.15) is 18.0 Å². The molecule has 1 saturated heterocycles. The monoisotopic (exact) mass is 234 g/mol. The molecule has 1 aromatic rings. The van der Waals surface area contributed by atoms with Crippen LogP contribution < -0.4 is 5.32 Å². The first-order valence-electron chi connectivity index (χ1n) is 5.99. The zero-order chi connectivity index (χ0) is 11.7. The summed E-state index contributed by atoms with van der Waals surface area (Å²) in [5.74, 6) is 1.02. The smallest absolute Gasteiger partial charge is 0.188 e. The molecule has 0 spiro atoms. The molecule has 1 fully saturated rings. The zero-order valence-corrected chi connectivity index (χ0v) is 9.53. The van der Waals surface area contributed by atoms with Crippen LogP contribution in [0.2, 0.25) is 0 Å². The summed E-state index contributed by atoms with van der Waals surface area (Å²) in [5, 5.41) is 3.29. The maximum atomic E-state index is 13.1. The molecule has 2 aliphatic heterocycles. The Bertz CT molecular complexity index is 441. The van der Waals surface area contributed by atoms with Crippen molar-refractivity contribution in [2.75, 3.05) is 19.7 Å². The first-order valence-corrected chi connectivity index (χ1v) is 5.99. The van der Waals surface area contributed by atoms with Gasteiger partial charge < -0.3 is 10.1 Å². The lowest BCUT2D eigenvalue weighted by Crippen LogP contribution is -2.17. The lowest BCUT2D eigenvalue weighted by atomic mass is 10.1. The van der Waals surface area contributed by atoms with Gasteiger partial charge in [0.2, 0.25) is 0 Å². The Morgan fingerprint density at radius 2 is 2.35 bits per heavy atom. The highest BCUT2D eigenvalue weighted by molar-refractivity contribution is 5.81. The Hall–Kier alpha value is -1.42. The van der Waals surface area contributed by atoms with Crippen molar-refractivity contribution >= 4 is 5.90 Å². The van der Waals surface area contributed by atoms with Gasteiger partial charge in [0.1, 0.15) is 18.5 Å². The molecule has 4 heteroatoms. The van der Waals surface area contributed by atoms with E-state index in [1.165, 1.54) is 12.1 Å². The molecule has 3 nitrogen and oxygen atoms in total. The molecule has 2 aliphatic rings. The van der Waals surface area contributed by atoms with Crippen molar-refractivity contribution in [1.82, 2.24) is 5.32 Å². The van der Waals surface area contributed by atoms with E-state index < -0.39 is 0 Å². The van der Waals surface area contributed by atoms with Crippen molar-refractivity contribution in [1.29, 1.82) is 0 Å². The van der Waals surface area contributed by atoms with Crippen LogP contribution in [-0.4, -0.2) is 25.6 Å². The highest BCUT2D eigenvalue weighted by Gasteiger charge is 2.28.